The molecule has 0 unspecified atom stereocenters. The Hall–Kier alpha value is -2.43. The first-order valence-corrected chi connectivity index (χ1v) is 6.25. The van der Waals surface area contributed by atoms with Crippen molar-refractivity contribution >= 4 is 11.7 Å². The zero-order valence-corrected chi connectivity index (χ0v) is 11.5. The van der Waals surface area contributed by atoms with Gasteiger partial charge in [-0.25, -0.2) is 9.37 Å². The summed E-state index contributed by atoms with van der Waals surface area (Å²) in [6.07, 6.45) is 0. The fraction of sp³-hybridized carbons (Fsp3) is 0.200. The van der Waals surface area contributed by atoms with E-state index in [1.54, 1.807) is 30.3 Å². The number of anilines is 1. The fourth-order valence-electron chi connectivity index (χ4n) is 1.97. The summed E-state index contributed by atoms with van der Waals surface area (Å²) >= 11 is 0. The number of aromatic nitrogens is 1. The molecule has 2 rings (SSSR count). The third-order valence-electron chi connectivity index (χ3n) is 3.01. The summed E-state index contributed by atoms with van der Waals surface area (Å²) < 4.78 is 13.7. The zero-order valence-electron chi connectivity index (χ0n) is 11.5. The largest absolute Gasteiger partial charge is 0.384 e. The van der Waals surface area contributed by atoms with Crippen LogP contribution in [0.4, 0.5) is 10.2 Å². The number of halogens is 1. The Morgan fingerprint density at radius 2 is 2.05 bits per heavy atom. The number of nitrogens with zero attached hydrogens (tertiary/aromatic N) is 2. The summed E-state index contributed by atoms with van der Waals surface area (Å²) in [4.78, 5) is 6.22. The van der Waals surface area contributed by atoms with Gasteiger partial charge in [0, 0.05) is 30.4 Å². The molecule has 0 aliphatic heterocycles. The quantitative estimate of drug-likeness (QED) is 0.663. The number of benzene rings is 1. The highest BCUT2D eigenvalue weighted by Gasteiger charge is 2.09. The topological polar surface area (TPSA) is 66.0 Å². The number of nitrogen functional groups attached to an aromatic ring is 1. The van der Waals surface area contributed by atoms with Gasteiger partial charge in [0.1, 0.15) is 17.5 Å². The molecule has 5 heteroatoms. The van der Waals surface area contributed by atoms with Crippen LogP contribution in [0, 0.1) is 18.2 Å². The van der Waals surface area contributed by atoms with E-state index in [-0.39, 0.29) is 11.7 Å². The van der Waals surface area contributed by atoms with Crippen molar-refractivity contribution in [2.24, 2.45) is 5.73 Å². The minimum atomic E-state index is -0.237. The molecular formula is C15H17FN4. The molecule has 1 aromatic carbocycles. The van der Waals surface area contributed by atoms with Crippen molar-refractivity contribution in [2.45, 2.75) is 13.5 Å². The second-order valence-electron chi connectivity index (χ2n) is 4.72. The van der Waals surface area contributed by atoms with Gasteiger partial charge in [-0.3, -0.25) is 5.41 Å². The second-order valence-corrected chi connectivity index (χ2v) is 4.72. The van der Waals surface area contributed by atoms with Gasteiger partial charge in [-0.05, 0) is 25.1 Å². The molecule has 0 bridgehead atoms. The van der Waals surface area contributed by atoms with Crippen molar-refractivity contribution in [3.05, 3.63) is 59.0 Å². The Morgan fingerprint density at radius 3 is 2.70 bits per heavy atom. The van der Waals surface area contributed by atoms with Crippen molar-refractivity contribution < 1.29 is 4.39 Å². The Labute approximate surface area is 117 Å². The summed E-state index contributed by atoms with van der Waals surface area (Å²) in [5.41, 5.74) is 7.49. The maximum absolute atomic E-state index is 13.7. The van der Waals surface area contributed by atoms with Gasteiger partial charge in [0.25, 0.3) is 0 Å². The average molecular weight is 272 g/mol. The number of rotatable bonds is 4. The van der Waals surface area contributed by atoms with E-state index in [0.717, 1.165) is 5.69 Å². The number of nitrogens with two attached hydrogens (primary N) is 1. The van der Waals surface area contributed by atoms with E-state index in [9.17, 15) is 4.39 Å². The number of hydrogen-bond acceptors (Lipinski definition) is 3. The van der Waals surface area contributed by atoms with Crippen LogP contribution in [0.3, 0.4) is 0 Å². The van der Waals surface area contributed by atoms with E-state index < -0.39 is 0 Å². The molecule has 0 aliphatic rings. The first kappa shape index (κ1) is 14.0. The van der Waals surface area contributed by atoms with Crippen LogP contribution in [0.25, 0.3) is 0 Å². The van der Waals surface area contributed by atoms with Gasteiger partial charge in [0.2, 0.25) is 0 Å². The molecule has 2 aromatic rings. The van der Waals surface area contributed by atoms with Crippen LogP contribution in [0.1, 0.15) is 16.8 Å². The van der Waals surface area contributed by atoms with Gasteiger partial charge in [-0.2, -0.15) is 0 Å². The van der Waals surface area contributed by atoms with Crippen LogP contribution in [0.2, 0.25) is 0 Å². The molecule has 0 atom stereocenters. The highest BCUT2D eigenvalue weighted by molar-refractivity contribution is 5.95. The molecule has 0 radical (unpaired) electrons. The van der Waals surface area contributed by atoms with Crippen LogP contribution in [-0.4, -0.2) is 17.9 Å². The molecule has 0 fully saturated rings. The van der Waals surface area contributed by atoms with E-state index >= 15 is 0 Å². The molecular weight excluding hydrogens is 255 g/mol. The van der Waals surface area contributed by atoms with E-state index in [4.69, 9.17) is 11.1 Å². The monoisotopic (exact) mass is 272 g/mol. The van der Waals surface area contributed by atoms with Gasteiger partial charge < -0.3 is 10.6 Å². The van der Waals surface area contributed by atoms with Crippen LogP contribution >= 0.6 is 0 Å². The lowest BCUT2D eigenvalue weighted by Crippen LogP contribution is -2.20. The summed E-state index contributed by atoms with van der Waals surface area (Å²) in [7, 11) is 1.83. The Bertz CT molecular complexity index is 640. The predicted octanol–water partition coefficient (Wildman–Crippen LogP) is 2.45. The van der Waals surface area contributed by atoms with Crippen molar-refractivity contribution in [1.82, 2.24) is 4.98 Å². The van der Waals surface area contributed by atoms with E-state index in [0.29, 0.717) is 23.5 Å². The summed E-state index contributed by atoms with van der Waals surface area (Å²) in [5.74, 6) is 0.424. The van der Waals surface area contributed by atoms with Crippen LogP contribution in [0.15, 0.2) is 36.4 Å². The first-order chi connectivity index (χ1) is 9.47. The zero-order chi connectivity index (χ0) is 14.7. The third-order valence-corrected chi connectivity index (χ3v) is 3.01. The normalized spacial score (nSPS) is 10.3. The summed E-state index contributed by atoms with van der Waals surface area (Å²) in [6, 6.07) is 10.1. The highest BCUT2D eigenvalue weighted by atomic mass is 19.1. The minimum Gasteiger partial charge on any atom is -0.384 e. The van der Waals surface area contributed by atoms with Crippen LogP contribution < -0.4 is 10.6 Å². The Morgan fingerprint density at radius 1 is 1.35 bits per heavy atom. The van der Waals surface area contributed by atoms with Gasteiger partial charge >= 0.3 is 0 Å². The molecule has 0 spiro atoms. The van der Waals surface area contributed by atoms with Gasteiger partial charge in [-0.15, -0.1) is 0 Å². The lowest BCUT2D eigenvalue weighted by Gasteiger charge is -2.20. The van der Waals surface area contributed by atoms with Crippen molar-refractivity contribution in [3.8, 4) is 0 Å². The number of pyridine rings is 1. The Balaban J connectivity index is 2.27. The van der Waals surface area contributed by atoms with Crippen LogP contribution in [-0.2, 0) is 6.54 Å². The summed E-state index contributed by atoms with van der Waals surface area (Å²) in [6.45, 7) is 2.24. The van der Waals surface area contributed by atoms with Gasteiger partial charge in [0.15, 0.2) is 0 Å². The number of hydrogen-bond donors (Lipinski definition) is 2. The molecule has 1 aromatic heterocycles. The van der Waals surface area contributed by atoms with Crippen molar-refractivity contribution in [2.75, 3.05) is 11.9 Å². The molecule has 0 amide bonds. The van der Waals surface area contributed by atoms with Gasteiger partial charge in [0.05, 0.1) is 0 Å². The molecule has 0 saturated heterocycles. The lowest BCUT2D eigenvalue weighted by molar-refractivity contribution is 0.607. The maximum atomic E-state index is 13.7. The molecule has 104 valence electrons. The minimum absolute atomic E-state index is 0.00367. The second kappa shape index (κ2) is 5.69. The average Bonchev–Trinajstić information content (AvgIpc) is 2.40. The number of amidine groups is 1. The van der Waals surface area contributed by atoms with E-state index in [1.807, 2.05) is 18.9 Å². The van der Waals surface area contributed by atoms with E-state index in [2.05, 4.69) is 4.98 Å². The predicted molar refractivity (Wildman–Crippen MR) is 78.5 cm³/mol. The molecule has 0 saturated carbocycles. The number of aryl methyl sites for hydroxylation is 1. The SMILES string of the molecule is Cc1cc(C(=N)N)cc(N(C)Cc2ccccc2F)n1. The smallest absolute Gasteiger partial charge is 0.129 e. The van der Waals surface area contributed by atoms with Crippen LogP contribution in [0.5, 0.6) is 0 Å². The van der Waals surface area contributed by atoms with Gasteiger partial charge in [-0.1, -0.05) is 18.2 Å². The number of nitrogens with one attached hydrogen (secondary N) is 1. The first-order valence-electron chi connectivity index (χ1n) is 6.25. The highest BCUT2D eigenvalue weighted by Crippen LogP contribution is 2.17. The third kappa shape index (κ3) is 3.12. The summed E-state index contributed by atoms with van der Waals surface area (Å²) in [5, 5.41) is 7.50. The van der Waals surface area contributed by atoms with Crippen molar-refractivity contribution in [1.29, 1.82) is 5.41 Å². The molecule has 4 nitrogen and oxygen atoms in total. The molecule has 3 N–H and O–H groups in total. The maximum Gasteiger partial charge on any atom is 0.129 e. The standard InChI is InChI=1S/C15H17FN4/c1-10-7-12(15(17)18)8-14(19-10)20(2)9-11-5-3-4-6-13(11)16/h3-8H,9H2,1-2H3,(H3,17,18). The molecule has 20 heavy (non-hydrogen) atoms. The van der Waals surface area contributed by atoms with Crippen molar-refractivity contribution in [3.63, 3.8) is 0 Å². The molecule has 1 heterocycles. The Kier molecular flexibility index (Phi) is 3.98. The molecule has 0 aliphatic carbocycles. The fourth-order valence-corrected chi connectivity index (χ4v) is 1.97. The lowest BCUT2D eigenvalue weighted by atomic mass is 10.2. The van der Waals surface area contributed by atoms with E-state index in [1.165, 1.54) is 6.07 Å².